The van der Waals surface area contributed by atoms with Gasteiger partial charge in [-0.3, -0.25) is 4.79 Å². The Bertz CT molecular complexity index is 976. The van der Waals surface area contributed by atoms with Gasteiger partial charge in [-0.1, -0.05) is 30.3 Å². The van der Waals surface area contributed by atoms with E-state index in [-0.39, 0.29) is 43.3 Å². The first-order valence-corrected chi connectivity index (χ1v) is 9.24. The molecule has 2 heterocycles. The first-order valence-electron chi connectivity index (χ1n) is 9.24. The van der Waals surface area contributed by atoms with Gasteiger partial charge in [-0.15, -0.1) is 24.8 Å². The first-order chi connectivity index (χ1) is 13.2. The molecular weight excluding hydrogens is 411 g/mol. The van der Waals surface area contributed by atoms with Crippen LogP contribution in [0.1, 0.15) is 17.4 Å². The minimum atomic E-state index is -0.0440. The van der Waals surface area contributed by atoms with Crippen molar-refractivity contribution in [3.05, 3.63) is 59.9 Å². The van der Waals surface area contributed by atoms with Crippen LogP contribution in [0.2, 0.25) is 0 Å². The number of rotatable bonds is 4. The van der Waals surface area contributed by atoms with Gasteiger partial charge in [0.2, 0.25) is 5.91 Å². The average Bonchev–Trinajstić information content (AvgIpc) is 3.03. The lowest BCUT2D eigenvalue weighted by molar-refractivity contribution is -0.135. The molecule has 2 aromatic carbocycles. The van der Waals surface area contributed by atoms with Gasteiger partial charge in [-0.25, -0.2) is 4.98 Å². The van der Waals surface area contributed by atoms with Crippen molar-refractivity contribution in [3.63, 3.8) is 0 Å². The normalized spacial score (nSPS) is 16.1. The Hall–Kier alpha value is -2.28. The van der Waals surface area contributed by atoms with Crippen LogP contribution < -0.4 is 10.1 Å². The van der Waals surface area contributed by atoms with Crippen molar-refractivity contribution in [2.45, 2.75) is 19.5 Å². The molecule has 1 aliphatic rings. The van der Waals surface area contributed by atoms with Crippen molar-refractivity contribution < 1.29 is 9.53 Å². The number of nitrogens with one attached hydrogen (secondary N) is 1. The molecule has 8 heteroatoms. The van der Waals surface area contributed by atoms with Crippen LogP contribution in [0.3, 0.4) is 0 Å². The summed E-state index contributed by atoms with van der Waals surface area (Å²) in [5.41, 5.74) is 2.95. The number of halogens is 2. The summed E-state index contributed by atoms with van der Waals surface area (Å²) < 4.78 is 7.53. The zero-order valence-corrected chi connectivity index (χ0v) is 18.1. The molecule has 1 amide bonds. The number of aryl methyl sites for hydroxylation is 1. The number of hydrogen-bond acceptors (Lipinski definition) is 4. The average molecular weight is 437 g/mol. The molecule has 0 bridgehead atoms. The molecule has 4 rings (SSSR count). The Kier molecular flexibility index (Phi) is 7.90. The molecule has 0 radical (unpaired) electrons. The highest BCUT2D eigenvalue weighted by Gasteiger charge is 2.30. The van der Waals surface area contributed by atoms with E-state index in [1.807, 2.05) is 64.9 Å². The number of aromatic nitrogens is 2. The van der Waals surface area contributed by atoms with Gasteiger partial charge in [-0.2, -0.15) is 0 Å². The van der Waals surface area contributed by atoms with E-state index in [4.69, 9.17) is 4.74 Å². The Balaban J connectivity index is 0.00000150. The summed E-state index contributed by atoms with van der Waals surface area (Å²) in [7, 11) is 1.67. The van der Waals surface area contributed by atoms with Crippen molar-refractivity contribution >= 4 is 41.8 Å². The predicted molar refractivity (Wildman–Crippen MR) is 119 cm³/mol. The molecule has 0 saturated carbocycles. The minimum Gasteiger partial charge on any atom is -0.496 e. The fourth-order valence-corrected chi connectivity index (χ4v) is 3.84. The summed E-state index contributed by atoms with van der Waals surface area (Å²) in [6.45, 7) is 4.42. The molecule has 0 spiro atoms. The molecule has 3 aromatic rings. The van der Waals surface area contributed by atoms with Crippen LogP contribution in [-0.2, 0) is 11.3 Å². The zero-order valence-electron chi connectivity index (χ0n) is 16.5. The highest BCUT2D eigenvalue weighted by molar-refractivity contribution is 5.85. The molecule has 0 aliphatic carbocycles. The SMILES string of the molecule is COc1ccccc1C1CNCCN1C(=O)Cn1c(C)nc2ccccc21.Cl.Cl. The van der Waals surface area contributed by atoms with Gasteiger partial charge >= 0.3 is 0 Å². The van der Waals surface area contributed by atoms with E-state index in [0.29, 0.717) is 6.54 Å². The lowest BCUT2D eigenvalue weighted by atomic mass is 10.0. The number of fused-ring (bicyclic) bond motifs is 1. The Morgan fingerprint density at radius 1 is 1.17 bits per heavy atom. The molecule has 1 aromatic heterocycles. The standard InChI is InChI=1S/C21H24N4O2.2ClH/c1-15-23-17-8-4-5-9-18(17)25(15)14-21(26)24-12-11-22-13-19(24)16-7-3-6-10-20(16)27-2;;/h3-10,19,22H,11-14H2,1-2H3;2*1H. The van der Waals surface area contributed by atoms with Gasteiger partial charge in [0.15, 0.2) is 0 Å². The largest absolute Gasteiger partial charge is 0.496 e. The topological polar surface area (TPSA) is 59.4 Å². The van der Waals surface area contributed by atoms with E-state index in [9.17, 15) is 4.79 Å². The second-order valence-electron chi connectivity index (χ2n) is 6.78. The van der Waals surface area contributed by atoms with Crippen LogP contribution in [0.5, 0.6) is 5.75 Å². The third kappa shape index (κ3) is 4.50. The fraction of sp³-hybridized carbons (Fsp3) is 0.333. The van der Waals surface area contributed by atoms with Crippen molar-refractivity contribution in [2.75, 3.05) is 26.7 Å². The quantitative estimate of drug-likeness (QED) is 0.680. The first kappa shape index (κ1) is 23.0. The number of carbonyl (C=O) groups is 1. The maximum absolute atomic E-state index is 13.3. The van der Waals surface area contributed by atoms with Gasteiger partial charge in [0.1, 0.15) is 18.1 Å². The van der Waals surface area contributed by atoms with Gasteiger partial charge < -0.3 is 19.5 Å². The number of hydrogen-bond donors (Lipinski definition) is 1. The summed E-state index contributed by atoms with van der Waals surface area (Å²) >= 11 is 0. The molecule has 1 N–H and O–H groups in total. The third-order valence-corrected chi connectivity index (χ3v) is 5.20. The highest BCUT2D eigenvalue weighted by atomic mass is 35.5. The smallest absolute Gasteiger partial charge is 0.243 e. The van der Waals surface area contributed by atoms with E-state index in [0.717, 1.165) is 41.3 Å². The van der Waals surface area contributed by atoms with Crippen molar-refractivity contribution in [3.8, 4) is 5.75 Å². The summed E-state index contributed by atoms with van der Waals surface area (Å²) in [5, 5.41) is 3.40. The van der Waals surface area contributed by atoms with Crippen LogP contribution in [0.25, 0.3) is 11.0 Å². The summed E-state index contributed by atoms with van der Waals surface area (Å²) in [6.07, 6.45) is 0. The van der Waals surface area contributed by atoms with Crippen molar-refractivity contribution in [1.29, 1.82) is 0 Å². The van der Waals surface area contributed by atoms with E-state index >= 15 is 0 Å². The fourth-order valence-electron chi connectivity index (χ4n) is 3.84. The summed E-state index contributed by atoms with van der Waals surface area (Å²) in [4.78, 5) is 19.8. The summed E-state index contributed by atoms with van der Waals surface area (Å²) in [6, 6.07) is 15.8. The lowest BCUT2D eigenvalue weighted by Gasteiger charge is -2.37. The number of carbonyl (C=O) groups excluding carboxylic acids is 1. The maximum Gasteiger partial charge on any atom is 0.243 e. The van der Waals surface area contributed by atoms with Crippen LogP contribution >= 0.6 is 24.8 Å². The van der Waals surface area contributed by atoms with Crippen LogP contribution in [0.15, 0.2) is 48.5 Å². The third-order valence-electron chi connectivity index (χ3n) is 5.20. The number of methoxy groups -OCH3 is 1. The van der Waals surface area contributed by atoms with Gasteiger partial charge in [0.25, 0.3) is 0 Å². The van der Waals surface area contributed by atoms with E-state index in [1.54, 1.807) is 7.11 Å². The molecule has 1 unspecified atom stereocenters. The Morgan fingerprint density at radius 2 is 1.90 bits per heavy atom. The van der Waals surface area contributed by atoms with Crippen LogP contribution in [0.4, 0.5) is 0 Å². The molecule has 29 heavy (non-hydrogen) atoms. The molecule has 1 fully saturated rings. The van der Waals surface area contributed by atoms with Crippen LogP contribution in [-0.4, -0.2) is 47.1 Å². The molecule has 1 atom stereocenters. The zero-order chi connectivity index (χ0) is 18.8. The van der Waals surface area contributed by atoms with E-state index in [1.165, 1.54) is 0 Å². The molecule has 156 valence electrons. The number of imidazole rings is 1. The maximum atomic E-state index is 13.3. The second-order valence-corrected chi connectivity index (χ2v) is 6.78. The summed E-state index contributed by atoms with van der Waals surface area (Å²) in [5.74, 6) is 1.76. The lowest BCUT2D eigenvalue weighted by Crippen LogP contribution is -2.49. The monoisotopic (exact) mass is 436 g/mol. The van der Waals surface area contributed by atoms with Crippen molar-refractivity contribution in [1.82, 2.24) is 19.8 Å². The number of nitrogens with zero attached hydrogens (tertiary/aromatic N) is 3. The minimum absolute atomic E-state index is 0. The number of benzene rings is 2. The van der Waals surface area contributed by atoms with E-state index < -0.39 is 0 Å². The van der Waals surface area contributed by atoms with Gasteiger partial charge in [0, 0.05) is 25.2 Å². The molecule has 6 nitrogen and oxygen atoms in total. The number of ether oxygens (including phenoxy) is 1. The number of amides is 1. The molecule has 1 saturated heterocycles. The highest BCUT2D eigenvalue weighted by Crippen LogP contribution is 2.30. The Labute approximate surface area is 183 Å². The number of para-hydroxylation sites is 3. The van der Waals surface area contributed by atoms with Crippen molar-refractivity contribution in [2.24, 2.45) is 0 Å². The second kappa shape index (κ2) is 9.96. The van der Waals surface area contributed by atoms with Gasteiger partial charge in [0.05, 0.1) is 24.2 Å². The van der Waals surface area contributed by atoms with E-state index in [2.05, 4.69) is 10.3 Å². The van der Waals surface area contributed by atoms with Crippen LogP contribution in [0, 0.1) is 6.92 Å². The molecular formula is C21H26Cl2N4O2. The Morgan fingerprint density at radius 3 is 2.69 bits per heavy atom. The van der Waals surface area contributed by atoms with Gasteiger partial charge in [-0.05, 0) is 25.1 Å². The predicted octanol–water partition coefficient (Wildman–Crippen LogP) is 3.37. The molecule has 1 aliphatic heterocycles. The number of piperazine rings is 1.